The fourth-order valence-corrected chi connectivity index (χ4v) is 7.16. The minimum absolute atomic E-state index is 0.0265. The maximum atomic E-state index is 14.0. The fourth-order valence-electron chi connectivity index (χ4n) is 5.63. The first-order chi connectivity index (χ1) is 22.0. The SMILES string of the molecule is C=CC[C@H]([C@@H](/C=C/c1ccccc1)O[Si](C)(C)C(C)(C)C)N1CCN(C(=O)c2nn3c(C(F)(F)F)cc(C4CC4)cc3c2Cl)CC1=O. The number of piperazine rings is 1. The van der Waals surface area contributed by atoms with Crippen molar-refractivity contribution in [1.82, 2.24) is 19.4 Å². The lowest BCUT2D eigenvalue weighted by Gasteiger charge is -2.45. The van der Waals surface area contributed by atoms with Crippen molar-refractivity contribution in [1.29, 1.82) is 0 Å². The van der Waals surface area contributed by atoms with Crippen molar-refractivity contribution in [3.05, 3.63) is 88.7 Å². The molecule has 1 aliphatic heterocycles. The van der Waals surface area contributed by atoms with Gasteiger partial charge in [0.25, 0.3) is 5.91 Å². The van der Waals surface area contributed by atoms with Gasteiger partial charge in [-0.25, -0.2) is 4.52 Å². The first-order valence-electron chi connectivity index (χ1n) is 15.9. The van der Waals surface area contributed by atoms with E-state index in [1.54, 1.807) is 17.0 Å². The number of hydrogen-bond donors (Lipinski definition) is 0. The normalized spacial score (nSPS) is 17.9. The highest BCUT2D eigenvalue weighted by Crippen LogP contribution is 2.44. The Morgan fingerprint density at radius 3 is 2.40 bits per heavy atom. The molecule has 2 amide bonds. The molecule has 2 aliphatic rings. The van der Waals surface area contributed by atoms with E-state index in [9.17, 15) is 22.8 Å². The van der Waals surface area contributed by atoms with E-state index in [-0.39, 0.29) is 58.8 Å². The van der Waals surface area contributed by atoms with Gasteiger partial charge in [0, 0.05) is 13.1 Å². The third-order valence-electron chi connectivity index (χ3n) is 9.48. The number of aromatic nitrogens is 2. The molecule has 0 spiro atoms. The molecule has 12 heteroatoms. The van der Waals surface area contributed by atoms with Crippen LogP contribution in [-0.4, -0.2) is 71.3 Å². The molecule has 0 unspecified atom stereocenters. The highest BCUT2D eigenvalue weighted by molar-refractivity contribution is 6.74. The van der Waals surface area contributed by atoms with Crippen molar-refractivity contribution >= 4 is 43.3 Å². The number of pyridine rings is 1. The number of amides is 2. The summed E-state index contributed by atoms with van der Waals surface area (Å²) in [6.45, 7) is 14.8. The molecule has 3 heterocycles. The zero-order valence-electron chi connectivity index (χ0n) is 27.5. The number of fused-ring (bicyclic) bond motifs is 1. The van der Waals surface area contributed by atoms with Crippen LogP contribution in [0.15, 0.2) is 61.2 Å². The van der Waals surface area contributed by atoms with Gasteiger partial charge in [-0.15, -0.1) is 6.58 Å². The Morgan fingerprint density at radius 2 is 1.83 bits per heavy atom. The molecule has 2 aromatic heterocycles. The van der Waals surface area contributed by atoms with Crippen molar-refractivity contribution in [2.45, 2.75) is 82.4 Å². The van der Waals surface area contributed by atoms with Gasteiger partial charge in [0.05, 0.1) is 22.7 Å². The largest absolute Gasteiger partial charge is 0.433 e. The van der Waals surface area contributed by atoms with Crippen LogP contribution in [0.4, 0.5) is 13.2 Å². The quantitative estimate of drug-likeness (QED) is 0.159. The van der Waals surface area contributed by atoms with Crippen LogP contribution >= 0.6 is 11.6 Å². The van der Waals surface area contributed by atoms with E-state index in [4.69, 9.17) is 16.0 Å². The van der Waals surface area contributed by atoms with Crippen LogP contribution < -0.4 is 0 Å². The Kier molecular flexibility index (Phi) is 9.83. The van der Waals surface area contributed by atoms with E-state index in [1.165, 1.54) is 4.90 Å². The zero-order chi connectivity index (χ0) is 34.3. The van der Waals surface area contributed by atoms with Gasteiger partial charge in [-0.05, 0) is 66.6 Å². The predicted octanol–water partition coefficient (Wildman–Crippen LogP) is 8.22. The second-order valence-electron chi connectivity index (χ2n) is 13.9. The summed E-state index contributed by atoms with van der Waals surface area (Å²) in [7, 11) is -2.30. The number of benzene rings is 1. The monoisotopic (exact) mass is 686 g/mol. The van der Waals surface area contributed by atoms with Crippen LogP contribution in [0.2, 0.25) is 23.2 Å². The number of halogens is 4. The molecule has 2 atom stereocenters. The van der Waals surface area contributed by atoms with Crippen molar-refractivity contribution in [3.8, 4) is 0 Å². The molecule has 252 valence electrons. The molecule has 2 fully saturated rings. The molecule has 1 saturated carbocycles. The summed E-state index contributed by atoms with van der Waals surface area (Å²) in [6, 6.07) is 12.1. The highest BCUT2D eigenvalue weighted by atomic mass is 35.5. The fraction of sp³-hybridized carbons (Fsp3) is 0.457. The third-order valence-corrected chi connectivity index (χ3v) is 14.3. The number of nitrogens with zero attached hydrogens (tertiary/aromatic N) is 4. The van der Waals surface area contributed by atoms with E-state index >= 15 is 0 Å². The topological polar surface area (TPSA) is 67.2 Å². The van der Waals surface area contributed by atoms with Crippen LogP contribution in [0.1, 0.15) is 73.3 Å². The van der Waals surface area contributed by atoms with Gasteiger partial charge in [-0.2, -0.15) is 18.3 Å². The smallest absolute Gasteiger partial charge is 0.408 e. The second-order valence-corrected chi connectivity index (χ2v) is 19.1. The molecular formula is C35H42ClF3N4O3Si. The molecule has 1 saturated heterocycles. The lowest BCUT2D eigenvalue weighted by atomic mass is 10.0. The molecule has 1 aromatic carbocycles. The standard InChI is InChI=1S/C35H42ClF3N4O3Si/c1-7-11-26(28(46-47(5,6)34(2,3)4)17-14-23-12-9-8-10-13-23)42-19-18-41(22-30(42)44)33(45)32-31(36)27-20-25(24-15-16-24)21-29(35(37,38)39)43(27)40-32/h7-10,12-14,17,20-21,24,26,28H,1,11,15-16,18-19,22H2,2-6H3/b17-14+/t26-,28-/m1/s1. The maximum Gasteiger partial charge on any atom is 0.433 e. The third kappa shape index (κ3) is 7.52. The lowest BCUT2D eigenvalue weighted by molar-refractivity contribution is -0.142. The molecule has 7 nitrogen and oxygen atoms in total. The summed E-state index contributed by atoms with van der Waals surface area (Å²) in [5.41, 5.74) is 0.260. The van der Waals surface area contributed by atoms with Gasteiger partial charge in [-0.1, -0.05) is 80.9 Å². The van der Waals surface area contributed by atoms with Crippen LogP contribution in [0, 0.1) is 0 Å². The van der Waals surface area contributed by atoms with Crippen LogP contribution in [0.3, 0.4) is 0 Å². The Bertz CT molecular complexity index is 1680. The van der Waals surface area contributed by atoms with E-state index in [2.05, 4.69) is 45.5 Å². The molecule has 47 heavy (non-hydrogen) atoms. The molecular weight excluding hydrogens is 645 g/mol. The Morgan fingerprint density at radius 1 is 1.15 bits per heavy atom. The van der Waals surface area contributed by atoms with E-state index in [0.717, 1.165) is 24.5 Å². The van der Waals surface area contributed by atoms with Gasteiger partial charge in [0.15, 0.2) is 14.0 Å². The van der Waals surface area contributed by atoms with Gasteiger partial charge < -0.3 is 14.2 Å². The molecule has 1 aliphatic carbocycles. The Hall–Kier alpha value is -3.41. The lowest BCUT2D eigenvalue weighted by Crippen LogP contribution is -2.59. The number of rotatable bonds is 10. The zero-order valence-corrected chi connectivity index (χ0v) is 29.2. The summed E-state index contributed by atoms with van der Waals surface area (Å²) < 4.78 is 49.7. The molecule has 5 rings (SSSR count). The van der Waals surface area contributed by atoms with Crippen LogP contribution in [0.5, 0.6) is 0 Å². The maximum absolute atomic E-state index is 14.0. The molecule has 0 bridgehead atoms. The number of carbonyl (C=O) groups is 2. The van der Waals surface area contributed by atoms with Crippen LogP contribution in [0.25, 0.3) is 11.6 Å². The Labute approximate surface area is 280 Å². The average Bonchev–Trinajstić information content (AvgIpc) is 3.80. The number of alkyl halides is 3. The van der Waals surface area contributed by atoms with Crippen molar-refractivity contribution in [2.75, 3.05) is 19.6 Å². The van der Waals surface area contributed by atoms with E-state index in [0.29, 0.717) is 16.5 Å². The second kappa shape index (κ2) is 13.2. The van der Waals surface area contributed by atoms with Gasteiger partial charge >= 0.3 is 6.18 Å². The molecule has 0 radical (unpaired) electrons. The van der Waals surface area contributed by atoms with Gasteiger partial charge in [-0.3, -0.25) is 9.59 Å². The Balaban J connectivity index is 1.41. The van der Waals surface area contributed by atoms with E-state index in [1.807, 2.05) is 42.5 Å². The molecule has 3 aromatic rings. The molecule has 0 N–H and O–H groups in total. The van der Waals surface area contributed by atoms with E-state index < -0.39 is 32.2 Å². The van der Waals surface area contributed by atoms with Crippen LogP contribution in [-0.2, 0) is 15.4 Å². The summed E-state index contributed by atoms with van der Waals surface area (Å²) in [6.07, 6.45) is 2.67. The van der Waals surface area contributed by atoms with Crippen molar-refractivity contribution < 1.29 is 27.2 Å². The highest BCUT2D eigenvalue weighted by Gasteiger charge is 2.43. The summed E-state index contributed by atoms with van der Waals surface area (Å²) in [5.74, 6) is -0.959. The predicted molar refractivity (Wildman–Crippen MR) is 181 cm³/mol. The van der Waals surface area contributed by atoms with Gasteiger partial charge in [0.1, 0.15) is 12.2 Å². The minimum Gasteiger partial charge on any atom is -0.408 e. The number of carbonyl (C=O) groups excluding carboxylic acids is 2. The number of hydrogen-bond acceptors (Lipinski definition) is 4. The summed E-state index contributed by atoms with van der Waals surface area (Å²) in [5, 5.41) is 3.80. The van der Waals surface area contributed by atoms with Gasteiger partial charge in [0.2, 0.25) is 5.91 Å². The van der Waals surface area contributed by atoms with Crippen molar-refractivity contribution in [3.63, 3.8) is 0 Å². The summed E-state index contributed by atoms with van der Waals surface area (Å²) in [4.78, 5) is 30.5. The first-order valence-corrected chi connectivity index (χ1v) is 19.2. The average molecular weight is 687 g/mol. The first kappa shape index (κ1) is 34.9. The summed E-state index contributed by atoms with van der Waals surface area (Å²) >= 11 is 6.55. The van der Waals surface area contributed by atoms with Crippen molar-refractivity contribution in [2.24, 2.45) is 0 Å². The minimum atomic E-state index is -4.70.